The van der Waals surface area contributed by atoms with Crippen molar-refractivity contribution in [2.75, 3.05) is 0 Å². The summed E-state index contributed by atoms with van der Waals surface area (Å²) >= 11 is 0. The molecule has 0 aliphatic rings. The molecule has 0 N–H and O–H groups in total. The Labute approximate surface area is 177 Å². The van der Waals surface area contributed by atoms with Gasteiger partial charge in [0.2, 0.25) is 0 Å². The Bertz CT molecular complexity index is 620. The molecule has 1 rings (SSSR count). The lowest BCUT2D eigenvalue weighted by Gasteiger charge is -2.10. The molecule has 3 nitrogen and oxygen atoms in total. The van der Waals surface area contributed by atoms with Gasteiger partial charge in [-0.15, -0.1) is 0 Å². The van der Waals surface area contributed by atoms with Crippen LogP contribution in [-0.4, -0.2) is 5.97 Å². The van der Waals surface area contributed by atoms with Crippen molar-refractivity contribution in [1.29, 1.82) is 0 Å². The van der Waals surface area contributed by atoms with Crippen LogP contribution >= 0.6 is 0 Å². The number of unbranched alkanes of at least 4 members (excludes halogenated alkanes) is 4. The van der Waals surface area contributed by atoms with Gasteiger partial charge in [0.25, 0.3) is 0 Å². The van der Waals surface area contributed by atoms with E-state index in [0.29, 0.717) is 12.2 Å². The fraction of sp³-hybridized carbons (Fsp3) is 0.500. The number of carbonyl (C=O) groups is 1. The van der Waals surface area contributed by atoms with E-state index in [-0.39, 0.29) is 12.1 Å². The van der Waals surface area contributed by atoms with Crippen molar-refractivity contribution >= 4 is 5.97 Å². The number of hydrogen-bond acceptors (Lipinski definition) is 3. The van der Waals surface area contributed by atoms with Crippen molar-refractivity contribution in [2.24, 2.45) is 0 Å². The lowest BCUT2D eigenvalue weighted by molar-refractivity contribution is -0.149. The summed E-state index contributed by atoms with van der Waals surface area (Å²) < 4.78 is 10.6. The first-order chi connectivity index (χ1) is 14.2. The highest BCUT2D eigenvalue weighted by Gasteiger charge is 2.13. The third-order valence-electron chi connectivity index (χ3n) is 4.46. The van der Waals surface area contributed by atoms with Gasteiger partial charge < -0.3 is 9.15 Å². The summed E-state index contributed by atoms with van der Waals surface area (Å²) in [4.78, 5) is 11.8. The predicted octanol–water partition coefficient (Wildman–Crippen LogP) is 8.03. The van der Waals surface area contributed by atoms with Crippen LogP contribution in [0.3, 0.4) is 0 Å². The zero-order valence-corrected chi connectivity index (χ0v) is 18.2. The van der Waals surface area contributed by atoms with Gasteiger partial charge in [0.1, 0.15) is 5.76 Å². The Kier molecular flexibility index (Phi) is 15.2. The quantitative estimate of drug-likeness (QED) is 0.161. The zero-order chi connectivity index (χ0) is 21.0. The SMILES string of the molecule is CCCCC/C=C\C/C=C\C/C=C\C/C=C\CCCC(=O)OC(C)c1ccco1. The molecule has 1 aromatic heterocycles. The summed E-state index contributed by atoms with van der Waals surface area (Å²) in [6.45, 7) is 4.06. The van der Waals surface area contributed by atoms with Crippen LogP contribution in [0.4, 0.5) is 0 Å². The van der Waals surface area contributed by atoms with Gasteiger partial charge in [0, 0.05) is 6.42 Å². The van der Waals surface area contributed by atoms with Gasteiger partial charge in [-0.25, -0.2) is 0 Å². The van der Waals surface area contributed by atoms with Crippen molar-refractivity contribution in [3.05, 3.63) is 72.8 Å². The molecule has 1 heterocycles. The number of esters is 1. The van der Waals surface area contributed by atoms with Gasteiger partial charge >= 0.3 is 5.97 Å². The third kappa shape index (κ3) is 14.4. The fourth-order valence-corrected chi connectivity index (χ4v) is 2.76. The molecule has 0 bridgehead atoms. The normalized spacial score (nSPS) is 13.3. The van der Waals surface area contributed by atoms with Crippen molar-refractivity contribution in [3.63, 3.8) is 0 Å². The van der Waals surface area contributed by atoms with E-state index in [0.717, 1.165) is 32.1 Å². The average molecular weight is 399 g/mol. The molecule has 0 fully saturated rings. The molecule has 0 aliphatic carbocycles. The van der Waals surface area contributed by atoms with Crippen LogP contribution in [0.1, 0.15) is 89.9 Å². The van der Waals surface area contributed by atoms with Gasteiger partial charge in [0.15, 0.2) is 6.10 Å². The highest BCUT2D eigenvalue weighted by atomic mass is 16.5. The highest BCUT2D eigenvalue weighted by Crippen LogP contribution is 2.17. The van der Waals surface area contributed by atoms with E-state index in [9.17, 15) is 4.79 Å². The zero-order valence-electron chi connectivity index (χ0n) is 18.2. The van der Waals surface area contributed by atoms with E-state index < -0.39 is 0 Å². The number of allylic oxidation sites excluding steroid dienone is 8. The molecule has 3 heteroatoms. The summed E-state index contributed by atoms with van der Waals surface area (Å²) in [5.41, 5.74) is 0. The minimum Gasteiger partial charge on any atom is -0.465 e. The second kappa shape index (κ2) is 17.8. The number of rotatable bonds is 16. The average Bonchev–Trinajstić information content (AvgIpc) is 3.25. The lowest BCUT2D eigenvalue weighted by Crippen LogP contribution is -2.07. The first kappa shape index (κ1) is 24.7. The molecule has 0 spiro atoms. The molecule has 160 valence electrons. The van der Waals surface area contributed by atoms with E-state index in [1.807, 2.05) is 13.0 Å². The fourth-order valence-electron chi connectivity index (χ4n) is 2.76. The highest BCUT2D eigenvalue weighted by molar-refractivity contribution is 5.69. The van der Waals surface area contributed by atoms with Crippen LogP contribution in [0.2, 0.25) is 0 Å². The molecule has 0 radical (unpaired) electrons. The predicted molar refractivity (Wildman–Crippen MR) is 122 cm³/mol. The van der Waals surface area contributed by atoms with E-state index in [1.54, 1.807) is 12.3 Å². The number of hydrogen-bond donors (Lipinski definition) is 0. The van der Waals surface area contributed by atoms with Crippen LogP contribution in [0, 0.1) is 0 Å². The largest absolute Gasteiger partial charge is 0.465 e. The molecule has 0 amide bonds. The third-order valence-corrected chi connectivity index (χ3v) is 4.46. The van der Waals surface area contributed by atoms with Gasteiger partial charge in [0.05, 0.1) is 6.26 Å². The molecular formula is C26H38O3. The van der Waals surface area contributed by atoms with Crippen LogP contribution in [0.15, 0.2) is 71.4 Å². The van der Waals surface area contributed by atoms with Crippen molar-refractivity contribution in [2.45, 2.75) is 84.2 Å². The number of ether oxygens (including phenoxy) is 1. The molecule has 0 aliphatic heterocycles. The topological polar surface area (TPSA) is 39.4 Å². The first-order valence-corrected chi connectivity index (χ1v) is 11.1. The standard InChI is InChI=1S/C26H38O3/c1-3-4-5-6-7-8-9-10-11-12-13-14-15-16-17-18-19-22-26(27)29-24(2)25-21-20-23-28-25/h7-8,10-11,13-14,16-17,20-21,23-24H,3-6,9,12,15,18-19,22H2,1-2H3/b8-7-,11-10-,14-13-,17-16-. The van der Waals surface area contributed by atoms with Gasteiger partial charge in [-0.1, -0.05) is 68.4 Å². The maximum Gasteiger partial charge on any atom is 0.306 e. The Morgan fingerprint density at radius 2 is 1.52 bits per heavy atom. The van der Waals surface area contributed by atoms with Crippen LogP contribution in [0.5, 0.6) is 0 Å². The van der Waals surface area contributed by atoms with E-state index >= 15 is 0 Å². The minimum atomic E-state index is -0.325. The summed E-state index contributed by atoms with van der Waals surface area (Å²) in [6.07, 6.45) is 29.1. The summed E-state index contributed by atoms with van der Waals surface area (Å²) in [5, 5.41) is 0. The summed E-state index contributed by atoms with van der Waals surface area (Å²) in [6, 6.07) is 3.61. The lowest BCUT2D eigenvalue weighted by atomic mass is 10.2. The van der Waals surface area contributed by atoms with E-state index in [2.05, 4.69) is 55.5 Å². The van der Waals surface area contributed by atoms with Crippen LogP contribution < -0.4 is 0 Å². The molecule has 0 saturated heterocycles. The summed E-state index contributed by atoms with van der Waals surface area (Å²) in [7, 11) is 0. The number of carbonyl (C=O) groups excluding carboxylic acids is 1. The van der Waals surface area contributed by atoms with Crippen molar-refractivity contribution in [1.82, 2.24) is 0 Å². The van der Waals surface area contributed by atoms with Crippen LogP contribution in [0.25, 0.3) is 0 Å². The smallest absolute Gasteiger partial charge is 0.306 e. The van der Waals surface area contributed by atoms with Crippen LogP contribution in [-0.2, 0) is 9.53 Å². The molecule has 0 saturated carbocycles. The Hall–Kier alpha value is -2.29. The molecule has 1 unspecified atom stereocenters. The molecule has 0 aromatic carbocycles. The molecule has 1 atom stereocenters. The maximum absolute atomic E-state index is 11.8. The monoisotopic (exact) mass is 398 g/mol. The van der Waals surface area contributed by atoms with E-state index in [1.165, 1.54) is 25.7 Å². The van der Waals surface area contributed by atoms with E-state index in [4.69, 9.17) is 9.15 Å². The Morgan fingerprint density at radius 3 is 2.07 bits per heavy atom. The van der Waals surface area contributed by atoms with Crippen molar-refractivity contribution < 1.29 is 13.9 Å². The van der Waals surface area contributed by atoms with Gasteiger partial charge in [-0.3, -0.25) is 4.79 Å². The van der Waals surface area contributed by atoms with Gasteiger partial charge in [-0.2, -0.15) is 0 Å². The Morgan fingerprint density at radius 1 is 0.931 bits per heavy atom. The molecular weight excluding hydrogens is 360 g/mol. The first-order valence-electron chi connectivity index (χ1n) is 11.1. The maximum atomic E-state index is 11.8. The van der Waals surface area contributed by atoms with Crippen molar-refractivity contribution in [3.8, 4) is 0 Å². The number of furan rings is 1. The molecule has 29 heavy (non-hydrogen) atoms. The Balaban J connectivity index is 1.96. The minimum absolute atomic E-state index is 0.176. The van der Waals surface area contributed by atoms with Gasteiger partial charge in [-0.05, 0) is 64.0 Å². The second-order valence-electron chi connectivity index (χ2n) is 7.13. The summed E-state index contributed by atoms with van der Waals surface area (Å²) in [5.74, 6) is 0.503. The second-order valence-corrected chi connectivity index (χ2v) is 7.13. The molecule has 1 aromatic rings.